The molecule has 0 heterocycles. The van der Waals surface area contributed by atoms with E-state index in [-0.39, 0.29) is 6.61 Å². The number of hydrogen-bond donors (Lipinski definition) is 1. The molecule has 0 aromatic heterocycles. The number of aliphatic hydroxyl groups is 1. The highest BCUT2D eigenvalue weighted by Crippen LogP contribution is 2.24. The molecule has 0 radical (unpaired) electrons. The maximum atomic E-state index is 9.10. The van der Waals surface area contributed by atoms with Crippen LogP contribution in [0.4, 0.5) is 0 Å². The van der Waals surface area contributed by atoms with Crippen molar-refractivity contribution < 1.29 is 14.6 Å². The van der Waals surface area contributed by atoms with Crippen LogP contribution in [-0.2, 0) is 6.61 Å². The Hall–Kier alpha value is -1.22. The third-order valence-corrected chi connectivity index (χ3v) is 1.90. The lowest BCUT2D eigenvalue weighted by Gasteiger charge is -2.10. The molecule has 1 aromatic rings. The summed E-state index contributed by atoms with van der Waals surface area (Å²) in [6.45, 7) is 2.68. The zero-order valence-corrected chi connectivity index (χ0v) is 8.62. The predicted octanol–water partition coefficient (Wildman–Crippen LogP) is 1.98. The molecule has 3 heteroatoms. The van der Waals surface area contributed by atoms with Crippen molar-refractivity contribution in [2.24, 2.45) is 0 Å². The van der Waals surface area contributed by atoms with Crippen molar-refractivity contribution >= 4 is 0 Å². The van der Waals surface area contributed by atoms with E-state index in [0.29, 0.717) is 6.61 Å². The lowest BCUT2D eigenvalue weighted by atomic mass is 10.2. The molecule has 14 heavy (non-hydrogen) atoms. The second-order valence-corrected chi connectivity index (χ2v) is 2.98. The first-order valence-electron chi connectivity index (χ1n) is 4.72. The quantitative estimate of drug-likeness (QED) is 0.782. The van der Waals surface area contributed by atoms with Crippen molar-refractivity contribution in [1.82, 2.24) is 0 Å². The van der Waals surface area contributed by atoms with Gasteiger partial charge in [-0.1, -0.05) is 6.92 Å². The highest BCUT2D eigenvalue weighted by molar-refractivity contribution is 5.39. The Bertz CT molecular complexity index is 284. The lowest BCUT2D eigenvalue weighted by molar-refractivity contribution is 0.261. The third kappa shape index (κ3) is 2.64. The summed E-state index contributed by atoms with van der Waals surface area (Å²) < 4.78 is 10.5. The summed E-state index contributed by atoms with van der Waals surface area (Å²) in [4.78, 5) is 0. The van der Waals surface area contributed by atoms with E-state index in [0.717, 1.165) is 23.5 Å². The average molecular weight is 196 g/mol. The van der Waals surface area contributed by atoms with E-state index in [1.165, 1.54) is 0 Å². The van der Waals surface area contributed by atoms with Gasteiger partial charge in [0.25, 0.3) is 0 Å². The minimum atomic E-state index is -0.0315. The van der Waals surface area contributed by atoms with Crippen molar-refractivity contribution in [3.8, 4) is 11.5 Å². The van der Waals surface area contributed by atoms with E-state index >= 15 is 0 Å². The molecule has 0 bridgehead atoms. The van der Waals surface area contributed by atoms with Gasteiger partial charge < -0.3 is 14.6 Å². The van der Waals surface area contributed by atoms with Gasteiger partial charge in [-0.3, -0.25) is 0 Å². The molecule has 0 aliphatic carbocycles. The van der Waals surface area contributed by atoms with Crippen LogP contribution in [0.1, 0.15) is 18.9 Å². The van der Waals surface area contributed by atoms with E-state index < -0.39 is 0 Å². The first-order valence-corrected chi connectivity index (χ1v) is 4.72. The average Bonchev–Trinajstić information content (AvgIpc) is 2.26. The molecule has 0 aliphatic heterocycles. The molecule has 0 unspecified atom stereocenters. The fourth-order valence-electron chi connectivity index (χ4n) is 1.16. The predicted molar refractivity (Wildman–Crippen MR) is 54.7 cm³/mol. The molecule has 0 saturated carbocycles. The van der Waals surface area contributed by atoms with Crippen molar-refractivity contribution in [2.45, 2.75) is 20.0 Å². The molecular weight excluding hydrogens is 180 g/mol. The topological polar surface area (TPSA) is 38.7 Å². The molecule has 1 aromatic carbocycles. The fraction of sp³-hybridized carbons (Fsp3) is 0.455. The van der Waals surface area contributed by atoms with Gasteiger partial charge in [0, 0.05) is 5.56 Å². The van der Waals surface area contributed by atoms with Crippen LogP contribution in [0, 0.1) is 0 Å². The zero-order valence-electron chi connectivity index (χ0n) is 8.62. The van der Waals surface area contributed by atoms with Crippen LogP contribution in [0.25, 0.3) is 0 Å². The van der Waals surface area contributed by atoms with Crippen LogP contribution in [0.2, 0.25) is 0 Å². The van der Waals surface area contributed by atoms with Crippen LogP contribution in [0.3, 0.4) is 0 Å². The van der Waals surface area contributed by atoms with E-state index in [1.54, 1.807) is 13.2 Å². The van der Waals surface area contributed by atoms with Gasteiger partial charge in [0.05, 0.1) is 20.3 Å². The van der Waals surface area contributed by atoms with Gasteiger partial charge in [-0.05, 0) is 24.6 Å². The number of rotatable bonds is 5. The summed E-state index contributed by atoms with van der Waals surface area (Å²) in [6.07, 6.45) is 0.955. The van der Waals surface area contributed by atoms with Gasteiger partial charge in [-0.25, -0.2) is 0 Å². The molecule has 0 atom stereocenters. The normalized spacial score (nSPS) is 9.93. The highest BCUT2D eigenvalue weighted by atomic mass is 16.5. The van der Waals surface area contributed by atoms with Crippen LogP contribution in [0.5, 0.6) is 11.5 Å². The summed E-state index contributed by atoms with van der Waals surface area (Å²) in [5.74, 6) is 1.47. The van der Waals surface area contributed by atoms with Gasteiger partial charge in [-0.15, -0.1) is 0 Å². The second kappa shape index (κ2) is 5.50. The van der Waals surface area contributed by atoms with Gasteiger partial charge in [0.15, 0.2) is 0 Å². The maximum absolute atomic E-state index is 9.10. The van der Waals surface area contributed by atoms with Crippen molar-refractivity contribution in [1.29, 1.82) is 0 Å². The number of methoxy groups -OCH3 is 1. The SMILES string of the molecule is CCCOc1ccc(OC)cc1CO. The molecule has 1 rings (SSSR count). The van der Waals surface area contributed by atoms with Gasteiger partial charge in [0.2, 0.25) is 0 Å². The van der Waals surface area contributed by atoms with E-state index in [4.69, 9.17) is 14.6 Å². The maximum Gasteiger partial charge on any atom is 0.125 e. The van der Waals surface area contributed by atoms with Crippen molar-refractivity contribution in [3.05, 3.63) is 23.8 Å². The molecule has 0 saturated heterocycles. The number of ether oxygens (including phenoxy) is 2. The monoisotopic (exact) mass is 196 g/mol. The standard InChI is InChI=1S/C11H16O3/c1-3-6-14-11-5-4-10(13-2)7-9(11)8-12/h4-5,7,12H,3,6,8H2,1-2H3. The van der Waals surface area contributed by atoms with Gasteiger partial charge in [0.1, 0.15) is 11.5 Å². The third-order valence-electron chi connectivity index (χ3n) is 1.90. The summed E-state index contributed by atoms with van der Waals surface area (Å²) in [5, 5.41) is 9.10. The van der Waals surface area contributed by atoms with Crippen LogP contribution >= 0.6 is 0 Å². The Labute approximate surface area is 84.3 Å². The van der Waals surface area contributed by atoms with Crippen molar-refractivity contribution in [3.63, 3.8) is 0 Å². The molecule has 0 spiro atoms. The Kier molecular flexibility index (Phi) is 4.26. The molecule has 0 aliphatic rings. The van der Waals surface area contributed by atoms with Crippen LogP contribution in [-0.4, -0.2) is 18.8 Å². The molecule has 3 nitrogen and oxygen atoms in total. The number of benzene rings is 1. The summed E-state index contributed by atoms with van der Waals surface area (Å²) in [7, 11) is 1.60. The van der Waals surface area contributed by atoms with E-state index in [1.807, 2.05) is 19.1 Å². The molecular formula is C11H16O3. The minimum absolute atomic E-state index is 0.0315. The van der Waals surface area contributed by atoms with Crippen molar-refractivity contribution in [2.75, 3.05) is 13.7 Å². The smallest absolute Gasteiger partial charge is 0.125 e. The summed E-state index contributed by atoms with van der Waals surface area (Å²) >= 11 is 0. The van der Waals surface area contributed by atoms with E-state index in [9.17, 15) is 0 Å². The molecule has 0 fully saturated rings. The first kappa shape index (κ1) is 10.9. The van der Waals surface area contributed by atoms with Crippen LogP contribution < -0.4 is 9.47 Å². The van der Waals surface area contributed by atoms with Crippen LogP contribution in [0.15, 0.2) is 18.2 Å². The molecule has 0 amide bonds. The summed E-state index contributed by atoms with van der Waals surface area (Å²) in [5.41, 5.74) is 0.762. The highest BCUT2D eigenvalue weighted by Gasteiger charge is 2.03. The Morgan fingerprint density at radius 1 is 1.36 bits per heavy atom. The second-order valence-electron chi connectivity index (χ2n) is 2.98. The number of aliphatic hydroxyl groups excluding tert-OH is 1. The molecule has 78 valence electrons. The largest absolute Gasteiger partial charge is 0.497 e. The van der Waals surface area contributed by atoms with Gasteiger partial charge >= 0.3 is 0 Å². The Balaban J connectivity index is 2.82. The fourth-order valence-corrected chi connectivity index (χ4v) is 1.16. The Morgan fingerprint density at radius 3 is 2.71 bits per heavy atom. The van der Waals surface area contributed by atoms with Gasteiger partial charge in [-0.2, -0.15) is 0 Å². The lowest BCUT2D eigenvalue weighted by Crippen LogP contribution is -1.99. The zero-order chi connectivity index (χ0) is 10.4. The van der Waals surface area contributed by atoms with E-state index in [2.05, 4.69) is 0 Å². The first-order chi connectivity index (χ1) is 6.81. The summed E-state index contributed by atoms with van der Waals surface area (Å²) in [6, 6.07) is 5.43. The molecule has 1 N–H and O–H groups in total. The number of hydrogen-bond acceptors (Lipinski definition) is 3. The Morgan fingerprint density at radius 2 is 2.14 bits per heavy atom. The minimum Gasteiger partial charge on any atom is -0.497 e.